The lowest BCUT2D eigenvalue weighted by atomic mass is 10.1. The maximum Gasteiger partial charge on any atom is 0.250 e. The topological polar surface area (TPSA) is 36.4 Å². The van der Waals surface area contributed by atoms with Crippen LogP contribution in [0.15, 0.2) is 36.5 Å². The van der Waals surface area contributed by atoms with Crippen LogP contribution < -0.4 is 9.80 Å². The maximum atomic E-state index is 12.9. The summed E-state index contributed by atoms with van der Waals surface area (Å²) in [4.78, 5) is 21.4. The zero-order valence-electron chi connectivity index (χ0n) is 12.4. The van der Waals surface area contributed by atoms with E-state index in [9.17, 15) is 4.79 Å². The van der Waals surface area contributed by atoms with Crippen molar-refractivity contribution in [1.29, 1.82) is 0 Å². The number of rotatable bonds is 2. The van der Waals surface area contributed by atoms with Crippen LogP contribution in [-0.4, -0.2) is 23.5 Å². The molecule has 6 heteroatoms. The second-order valence-electron chi connectivity index (χ2n) is 5.86. The highest BCUT2D eigenvalue weighted by Gasteiger charge is 2.41. The van der Waals surface area contributed by atoms with Crippen molar-refractivity contribution >= 4 is 40.6 Å². The normalized spacial score (nSPS) is 19.7. The van der Waals surface area contributed by atoms with Gasteiger partial charge in [0.2, 0.25) is 5.91 Å². The highest BCUT2D eigenvalue weighted by atomic mass is 35.5. The molecule has 1 saturated heterocycles. The van der Waals surface area contributed by atoms with Crippen molar-refractivity contribution < 1.29 is 4.79 Å². The molecule has 4 nitrogen and oxygen atoms in total. The van der Waals surface area contributed by atoms with Crippen molar-refractivity contribution in [3.05, 3.63) is 52.1 Å². The molecule has 1 fully saturated rings. The summed E-state index contributed by atoms with van der Waals surface area (Å²) < 4.78 is 0. The van der Waals surface area contributed by atoms with Gasteiger partial charge in [-0.3, -0.25) is 4.79 Å². The van der Waals surface area contributed by atoms with E-state index < -0.39 is 0 Å². The number of carbonyl (C=O) groups excluding carboxylic acids is 1. The van der Waals surface area contributed by atoms with Crippen LogP contribution in [0, 0.1) is 0 Å². The third kappa shape index (κ3) is 2.46. The second kappa shape index (κ2) is 5.69. The fourth-order valence-electron chi connectivity index (χ4n) is 3.38. The van der Waals surface area contributed by atoms with Gasteiger partial charge in [-0.1, -0.05) is 29.3 Å². The molecule has 1 atom stereocenters. The number of benzene rings is 1. The summed E-state index contributed by atoms with van der Waals surface area (Å²) in [5, 5.41) is 1.16. The summed E-state index contributed by atoms with van der Waals surface area (Å²) in [6.45, 7) is 1.31. The van der Waals surface area contributed by atoms with Crippen molar-refractivity contribution in [3.63, 3.8) is 0 Å². The minimum absolute atomic E-state index is 0.108. The lowest BCUT2D eigenvalue weighted by molar-refractivity contribution is -0.120. The number of aromatic nitrogens is 1. The first-order valence-electron chi connectivity index (χ1n) is 7.62. The minimum Gasteiger partial charge on any atom is -0.343 e. The van der Waals surface area contributed by atoms with Gasteiger partial charge in [0, 0.05) is 22.8 Å². The standard InChI is InChI=1S/C17H15Cl2N3O/c18-12-6-5-11(13(19)9-12)10-22-14-3-1-7-20-16(14)21-8-2-4-15(21)17(22)23/h1,3,5-7,9,15H,2,4,8,10H2/t15-/m0/s1. The van der Waals surface area contributed by atoms with Gasteiger partial charge >= 0.3 is 0 Å². The molecule has 23 heavy (non-hydrogen) atoms. The number of carbonyl (C=O) groups is 1. The molecular weight excluding hydrogens is 333 g/mol. The molecule has 1 aromatic heterocycles. The third-order valence-corrected chi connectivity index (χ3v) is 5.06. The van der Waals surface area contributed by atoms with Crippen LogP contribution in [-0.2, 0) is 11.3 Å². The van der Waals surface area contributed by atoms with Crippen LogP contribution in [0.25, 0.3) is 0 Å². The molecule has 2 aromatic rings. The van der Waals surface area contributed by atoms with Crippen molar-refractivity contribution in [1.82, 2.24) is 4.98 Å². The highest BCUT2D eigenvalue weighted by Crippen LogP contribution is 2.39. The number of nitrogens with zero attached hydrogens (tertiary/aromatic N) is 3. The molecule has 3 heterocycles. The van der Waals surface area contributed by atoms with Crippen LogP contribution in [0.5, 0.6) is 0 Å². The lowest BCUT2D eigenvalue weighted by Gasteiger charge is -2.38. The summed E-state index contributed by atoms with van der Waals surface area (Å²) in [6, 6.07) is 9.07. The third-order valence-electron chi connectivity index (χ3n) is 4.48. The molecule has 0 unspecified atom stereocenters. The lowest BCUT2D eigenvalue weighted by Crippen LogP contribution is -2.50. The molecule has 1 aromatic carbocycles. The van der Waals surface area contributed by atoms with E-state index in [2.05, 4.69) is 9.88 Å². The van der Waals surface area contributed by atoms with Gasteiger partial charge < -0.3 is 9.80 Å². The van der Waals surface area contributed by atoms with Gasteiger partial charge in [-0.05, 0) is 42.7 Å². The van der Waals surface area contributed by atoms with Crippen molar-refractivity contribution in [3.8, 4) is 0 Å². The Balaban J connectivity index is 1.75. The average Bonchev–Trinajstić information content (AvgIpc) is 3.03. The number of pyridine rings is 1. The number of anilines is 2. The minimum atomic E-state index is -0.108. The van der Waals surface area contributed by atoms with E-state index in [0.717, 1.165) is 36.5 Å². The Bertz CT molecular complexity index is 780. The molecule has 1 amide bonds. The van der Waals surface area contributed by atoms with Crippen molar-refractivity contribution in [2.24, 2.45) is 0 Å². The zero-order valence-corrected chi connectivity index (χ0v) is 13.9. The van der Waals surface area contributed by atoms with Crippen LogP contribution in [0.4, 0.5) is 11.5 Å². The van der Waals surface area contributed by atoms with Gasteiger partial charge in [-0.25, -0.2) is 4.98 Å². The molecule has 0 saturated carbocycles. The fourth-order valence-corrected chi connectivity index (χ4v) is 3.85. The Hall–Kier alpha value is -1.78. The zero-order chi connectivity index (χ0) is 16.0. The number of hydrogen-bond donors (Lipinski definition) is 0. The fraction of sp³-hybridized carbons (Fsp3) is 0.294. The largest absolute Gasteiger partial charge is 0.343 e. The van der Waals surface area contributed by atoms with Gasteiger partial charge in [-0.15, -0.1) is 0 Å². The number of fused-ring (bicyclic) bond motifs is 3. The predicted octanol–water partition coefficient (Wildman–Crippen LogP) is 3.90. The molecule has 4 rings (SSSR count). The number of amides is 1. The molecule has 0 radical (unpaired) electrons. The van der Waals surface area contributed by atoms with E-state index in [-0.39, 0.29) is 11.9 Å². The van der Waals surface area contributed by atoms with Crippen LogP contribution >= 0.6 is 23.2 Å². The monoisotopic (exact) mass is 347 g/mol. The highest BCUT2D eigenvalue weighted by molar-refractivity contribution is 6.35. The Morgan fingerprint density at radius 1 is 1.26 bits per heavy atom. The first-order chi connectivity index (χ1) is 11.1. The van der Waals surface area contributed by atoms with Crippen LogP contribution in [0.3, 0.4) is 0 Å². The molecular formula is C17H15Cl2N3O. The summed E-state index contributed by atoms with van der Waals surface area (Å²) in [5.74, 6) is 1.01. The Labute approximate surface area is 144 Å². The van der Waals surface area contributed by atoms with Crippen molar-refractivity contribution in [2.75, 3.05) is 16.3 Å². The Morgan fingerprint density at radius 3 is 2.96 bits per heavy atom. The molecule has 118 valence electrons. The quantitative estimate of drug-likeness (QED) is 0.826. The van der Waals surface area contributed by atoms with Gasteiger partial charge in [-0.2, -0.15) is 0 Å². The summed E-state index contributed by atoms with van der Waals surface area (Å²) in [6.07, 6.45) is 3.67. The predicted molar refractivity (Wildman–Crippen MR) is 92.3 cm³/mol. The summed E-state index contributed by atoms with van der Waals surface area (Å²) in [5.41, 5.74) is 1.73. The Kier molecular flexibility index (Phi) is 3.66. The van der Waals surface area contributed by atoms with Crippen LogP contribution in [0.2, 0.25) is 10.0 Å². The van der Waals surface area contributed by atoms with E-state index in [0.29, 0.717) is 16.6 Å². The van der Waals surface area contributed by atoms with E-state index >= 15 is 0 Å². The molecule has 0 bridgehead atoms. The van der Waals surface area contributed by atoms with Gasteiger partial charge in [0.05, 0.1) is 12.2 Å². The Morgan fingerprint density at radius 2 is 2.13 bits per heavy atom. The summed E-state index contributed by atoms with van der Waals surface area (Å²) >= 11 is 12.2. The second-order valence-corrected chi connectivity index (χ2v) is 6.70. The molecule has 2 aliphatic heterocycles. The first-order valence-corrected chi connectivity index (χ1v) is 8.38. The van der Waals surface area contributed by atoms with E-state index in [1.807, 2.05) is 18.2 Å². The average molecular weight is 348 g/mol. The van der Waals surface area contributed by atoms with Gasteiger partial charge in [0.25, 0.3) is 0 Å². The smallest absolute Gasteiger partial charge is 0.250 e. The first kappa shape index (κ1) is 14.8. The molecule has 2 aliphatic rings. The van der Waals surface area contributed by atoms with Crippen LogP contribution in [0.1, 0.15) is 18.4 Å². The molecule has 0 N–H and O–H groups in total. The maximum absolute atomic E-state index is 12.9. The van der Waals surface area contributed by atoms with E-state index in [1.54, 1.807) is 23.2 Å². The van der Waals surface area contributed by atoms with E-state index in [1.165, 1.54) is 0 Å². The van der Waals surface area contributed by atoms with Gasteiger partial charge in [0.15, 0.2) is 5.82 Å². The SMILES string of the molecule is O=C1[C@@H]2CCCN2c2ncccc2N1Cc1ccc(Cl)cc1Cl. The van der Waals surface area contributed by atoms with Crippen molar-refractivity contribution in [2.45, 2.75) is 25.4 Å². The van der Waals surface area contributed by atoms with E-state index in [4.69, 9.17) is 23.2 Å². The molecule has 0 spiro atoms. The summed E-state index contributed by atoms with van der Waals surface area (Å²) in [7, 11) is 0. The molecule has 0 aliphatic carbocycles. The number of hydrogen-bond acceptors (Lipinski definition) is 3. The van der Waals surface area contributed by atoms with Gasteiger partial charge in [0.1, 0.15) is 6.04 Å². The number of halogens is 2.